The van der Waals surface area contributed by atoms with Crippen molar-refractivity contribution >= 4 is 5.91 Å². The van der Waals surface area contributed by atoms with E-state index in [9.17, 15) is 9.18 Å². The third kappa shape index (κ3) is 4.45. The summed E-state index contributed by atoms with van der Waals surface area (Å²) in [7, 11) is 0. The highest BCUT2D eigenvalue weighted by Gasteiger charge is 2.29. The minimum absolute atomic E-state index is 0.0165. The Balaban J connectivity index is 1.40. The monoisotopic (exact) mass is 395 g/mol. The Morgan fingerprint density at radius 1 is 1.28 bits per heavy atom. The summed E-state index contributed by atoms with van der Waals surface area (Å²) in [5.41, 5.74) is 0.883. The number of para-hydroxylation sites is 1. The molecule has 1 unspecified atom stereocenters. The lowest BCUT2D eigenvalue weighted by Gasteiger charge is -2.31. The van der Waals surface area contributed by atoms with Crippen LogP contribution in [0.25, 0.3) is 0 Å². The van der Waals surface area contributed by atoms with Gasteiger partial charge in [0.15, 0.2) is 12.4 Å². The molecule has 0 bridgehead atoms. The number of nitrogens with zero attached hydrogens (tertiary/aromatic N) is 3. The first-order chi connectivity index (χ1) is 14.1. The molecule has 1 fully saturated rings. The summed E-state index contributed by atoms with van der Waals surface area (Å²) >= 11 is 0. The van der Waals surface area contributed by atoms with Gasteiger partial charge in [-0.1, -0.05) is 29.4 Å². The van der Waals surface area contributed by atoms with E-state index in [1.54, 1.807) is 24.0 Å². The van der Waals surface area contributed by atoms with Gasteiger partial charge in [-0.25, -0.2) is 4.39 Å². The van der Waals surface area contributed by atoms with Gasteiger partial charge in [-0.3, -0.25) is 4.79 Å². The molecule has 1 amide bonds. The minimum atomic E-state index is -0.370. The van der Waals surface area contributed by atoms with Crippen molar-refractivity contribution in [3.05, 3.63) is 77.2 Å². The zero-order chi connectivity index (χ0) is 20.2. The predicted octanol–water partition coefficient (Wildman–Crippen LogP) is 4.12. The second-order valence-electron chi connectivity index (χ2n) is 7.20. The highest BCUT2D eigenvalue weighted by molar-refractivity contribution is 5.94. The molecule has 1 aliphatic rings. The van der Waals surface area contributed by atoms with Crippen LogP contribution in [0.3, 0.4) is 0 Å². The van der Waals surface area contributed by atoms with Crippen molar-refractivity contribution in [2.24, 2.45) is 0 Å². The average Bonchev–Trinajstić information content (AvgIpc) is 3.24. The van der Waals surface area contributed by atoms with E-state index in [1.807, 2.05) is 30.3 Å². The van der Waals surface area contributed by atoms with Crippen molar-refractivity contribution in [1.29, 1.82) is 0 Å². The number of carbonyl (C=O) groups excluding carboxylic acids is 1. The molecular weight excluding hydrogens is 373 g/mol. The van der Waals surface area contributed by atoms with E-state index in [-0.39, 0.29) is 24.2 Å². The van der Waals surface area contributed by atoms with E-state index in [0.717, 1.165) is 18.6 Å². The van der Waals surface area contributed by atoms with Crippen LogP contribution in [0, 0.1) is 12.7 Å². The first kappa shape index (κ1) is 19.1. The second-order valence-corrected chi connectivity index (χ2v) is 7.20. The zero-order valence-corrected chi connectivity index (χ0v) is 16.2. The molecule has 4 rings (SSSR count). The molecular formula is C22H22FN3O3. The maximum absolute atomic E-state index is 13.8. The smallest absolute Gasteiger partial charge is 0.264 e. The standard InChI is InChI=1S/C22H22FN3O3/c1-15-9-10-16(12-19(15)23)22(27)26-11-5-6-17(13-26)21-24-20(29-25-21)14-28-18-7-3-2-4-8-18/h2-4,7-10,12,17H,5-6,11,13-14H2,1H3. The fourth-order valence-electron chi connectivity index (χ4n) is 3.44. The van der Waals surface area contributed by atoms with Gasteiger partial charge in [0.1, 0.15) is 11.6 Å². The molecule has 2 heterocycles. The molecule has 0 aliphatic carbocycles. The van der Waals surface area contributed by atoms with Crippen LogP contribution >= 0.6 is 0 Å². The van der Waals surface area contributed by atoms with Crippen molar-refractivity contribution in [2.75, 3.05) is 13.1 Å². The summed E-state index contributed by atoms with van der Waals surface area (Å²) < 4.78 is 24.8. The molecule has 7 heteroatoms. The van der Waals surface area contributed by atoms with Gasteiger partial charge in [0.2, 0.25) is 0 Å². The number of amides is 1. The first-order valence-corrected chi connectivity index (χ1v) is 9.66. The molecule has 1 aromatic heterocycles. The van der Waals surface area contributed by atoms with Crippen LogP contribution in [0.5, 0.6) is 5.75 Å². The van der Waals surface area contributed by atoms with E-state index in [4.69, 9.17) is 9.26 Å². The molecule has 1 saturated heterocycles. The molecule has 1 atom stereocenters. The number of hydrogen-bond donors (Lipinski definition) is 0. The molecule has 29 heavy (non-hydrogen) atoms. The lowest BCUT2D eigenvalue weighted by atomic mass is 9.96. The van der Waals surface area contributed by atoms with Gasteiger partial charge in [0.25, 0.3) is 11.8 Å². The first-order valence-electron chi connectivity index (χ1n) is 9.66. The molecule has 0 spiro atoms. The molecule has 2 aromatic carbocycles. The van der Waals surface area contributed by atoms with Crippen LogP contribution in [0.1, 0.15) is 46.4 Å². The van der Waals surface area contributed by atoms with Crippen molar-refractivity contribution in [1.82, 2.24) is 15.0 Å². The van der Waals surface area contributed by atoms with Crippen LogP contribution in [-0.4, -0.2) is 34.0 Å². The normalized spacial score (nSPS) is 16.6. The van der Waals surface area contributed by atoms with Gasteiger partial charge in [-0.05, 0) is 49.6 Å². The molecule has 150 valence electrons. The van der Waals surface area contributed by atoms with Crippen molar-refractivity contribution < 1.29 is 18.4 Å². The van der Waals surface area contributed by atoms with Gasteiger partial charge in [0.05, 0.1) is 0 Å². The molecule has 0 N–H and O–H groups in total. The summed E-state index contributed by atoms with van der Waals surface area (Å²) in [6.07, 6.45) is 1.69. The average molecular weight is 395 g/mol. The quantitative estimate of drug-likeness (QED) is 0.650. The summed E-state index contributed by atoms with van der Waals surface area (Å²) in [6.45, 7) is 2.98. The topological polar surface area (TPSA) is 68.5 Å². The summed E-state index contributed by atoms with van der Waals surface area (Å²) in [5.74, 6) is 1.14. The van der Waals surface area contributed by atoms with Gasteiger partial charge in [0, 0.05) is 24.6 Å². The SMILES string of the molecule is Cc1ccc(C(=O)N2CCCC(c3noc(COc4ccccc4)n3)C2)cc1F. The number of likely N-dealkylation sites (tertiary alicyclic amines) is 1. The fraction of sp³-hybridized carbons (Fsp3) is 0.318. The fourth-order valence-corrected chi connectivity index (χ4v) is 3.44. The van der Waals surface area contributed by atoms with Crippen molar-refractivity contribution in [3.8, 4) is 5.75 Å². The number of halogens is 1. The third-order valence-corrected chi connectivity index (χ3v) is 5.08. The third-order valence-electron chi connectivity index (χ3n) is 5.08. The van der Waals surface area contributed by atoms with Gasteiger partial charge in [-0.2, -0.15) is 4.98 Å². The van der Waals surface area contributed by atoms with Crippen LogP contribution < -0.4 is 4.74 Å². The number of piperidine rings is 1. The Bertz CT molecular complexity index is 990. The molecule has 6 nitrogen and oxygen atoms in total. The maximum Gasteiger partial charge on any atom is 0.264 e. The number of benzene rings is 2. The molecule has 0 saturated carbocycles. The maximum atomic E-state index is 13.8. The van der Waals surface area contributed by atoms with Crippen molar-refractivity contribution in [2.45, 2.75) is 32.3 Å². The summed E-state index contributed by atoms with van der Waals surface area (Å²) in [5, 5.41) is 4.08. The number of ether oxygens (including phenoxy) is 1. The number of aryl methyl sites for hydroxylation is 1. The number of hydrogen-bond acceptors (Lipinski definition) is 5. The van der Waals surface area contributed by atoms with E-state index in [2.05, 4.69) is 10.1 Å². The second kappa shape index (κ2) is 8.43. The van der Waals surface area contributed by atoms with Crippen LogP contribution in [0.4, 0.5) is 4.39 Å². The van der Waals surface area contributed by atoms with Gasteiger partial charge < -0.3 is 14.2 Å². The van der Waals surface area contributed by atoms with Gasteiger partial charge in [-0.15, -0.1) is 0 Å². The predicted molar refractivity (Wildman–Crippen MR) is 104 cm³/mol. The Morgan fingerprint density at radius 3 is 2.90 bits per heavy atom. The minimum Gasteiger partial charge on any atom is -0.484 e. The molecule has 3 aromatic rings. The van der Waals surface area contributed by atoms with Crippen LogP contribution in [0.15, 0.2) is 53.1 Å². The summed E-state index contributed by atoms with van der Waals surface area (Å²) in [4.78, 5) is 19.0. The van der Waals surface area contributed by atoms with E-state index in [1.165, 1.54) is 6.07 Å². The van der Waals surface area contributed by atoms with Crippen LogP contribution in [0.2, 0.25) is 0 Å². The zero-order valence-electron chi connectivity index (χ0n) is 16.2. The Labute approximate surface area is 168 Å². The lowest BCUT2D eigenvalue weighted by molar-refractivity contribution is 0.0703. The largest absolute Gasteiger partial charge is 0.484 e. The summed E-state index contributed by atoms with van der Waals surface area (Å²) in [6, 6.07) is 14.0. The van der Waals surface area contributed by atoms with E-state index >= 15 is 0 Å². The number of rotatable bonds is 5. The molecule has 0 radical (unpaired) electrons. The van der Waals surface area contributed by atoms with Crippen molar-refractivity contribution in [3.63, 3.8) is 0 Å². The number of carbonyl (C=O) groups is 1. The lowest BCUT2D eigenvalue weighted by Crippen LogP contribution is -2.39. The van der Waals surface area contributed by atoms with E-state index in [0.29, 0.717) is 35.9 Å². The molecule has 1 aliphatic heterocycles. The van der Waals surface area contributed by atoms with E-state index < -0.39 is 0 Å². The van der Waals surface area contributed by atoms with Crippen LogP contribution in [-0.2, 0) is 6.61 Å². The Hall–Kier alpha value is -3.22. The highest BCUT2D eigenvalue weighted by Crippen LogP contribution is 2.26. The highest BCUT2D eigenvalue weighted by atomic mass is 19.1. The Morgan fingerprint density at radius 2 is 2.10 bits per heavy atom. The Kier molecular flexibility index (Phi) is 5.55. The van der Waals surface area contributed by atoms with Gasteiger partial charge >= 0.3 is 0 Å². The number of aromatic nitrogens is 2.